The van der Waals surface area contributed by atoms with Crippen molar-refractivity contribution in [2.75, 3.05) is 6.61 Å². The van der Waals surface area contributed by atoms with Gasteiger partial charge in [0, 0.05) is 0 Å². The average molecular weight is 328 g/mol. The van der Waals surface area contributed by atoms with Gasteiger partial charge >= 0.3 is 0 Å². The molecule has 1 fully saturated rings. The molecular formula is C19H37NO3. The molecule has 1 saturated heterocycles. The molecule has 4 nitrogen and oxygen atoms in total. The highest BCUT2D eigenvalue weighted by atomic mass is 16.3. The van der Waals surface area contributed by atoms with Crippen molar-refractivity contribution in [2.45, 2.75) is 103 Å². The largest absolute Gasteiger partial charge is 0.394 e. The van der Waals surface area contributed by atoms with Gasteiger partial charge in [-0.1, -0.05) is 84.0 Å². The van der Waals surface area contributed by atoms with Crippen LogP contribution in [0.3, 0.4) is 0 Å². The van der Waals surface area contributed by atoms with Crippen LogP contribution in [0, 0.1) is 5.92 Å². The van der Waals surface area contributed by atoms with Gasteiger partial charge in [0.05, 0.1) is 24.7 Å². The maximum Gasteiger partial charge on any atom is 0.226 e. The standard InChI is InChI=1S/C19H37NO3/c1-2-3-4-5-6-7-8-9-10-11-12-13-14-16-18(22)17(15-21)20-19(16)23/h16-18,21-22H,2-15H2,1H3,(H,20,23)/t16-,17-,18+/m0/s1. The summed E-state index contributed by atoms with van der Waals surface area (Å²) < 4.78 is 0. The Kier molecular flexibility index (Phi) is 11.3. The van der Waals surface area contributed by atoms with E-state index >= 15 is 0 Å². The molecule has 0 spiro atoms. The van der Waals surface area contributed by atoms with Crippen LogP contribution in [0.15, 0.2) is 0 Å². The fourth-order valence-corrected chi connectivity index (χ4v) is 3.47. The van der Waals surface area contributed by atoms with E-state index in [2.05, 4.69) is 12.2 Å². The lowest BCUT2D eigenvalue weighted by Gasteiger charge is -2.14. The number of aliphatic hydroxyl groups excluding tert-OH is 2. The molecule has 1 rings (SSSR count). The summed E-state index contributed by atoms with van der Waals surface area (Å²) in [6.07, 6.45) is 15.6. The second kappa shape index (κ2) is 12.8. The first-order chi connectivity index (χ1) is 11.2. The topological polar surface area (TPSA) is 69.6 Å². The monoisotopic (exact) mass is 327 g/mol. The molecule has 1 aliphatic heterocycles. The lowest BCUT2D eigenvalue weighted by molar-refractivity contribution is -0.123. The van der Waals surface area contributed by atoms with E-state index in [4.69, 9.17) is 5.11 Å². The van der Waals surface area contributed by atoms with Crippen LogP contribution in [0.2, 0.25) is 0 Å². The Morgan fingerprint density at radius 2 is 1.35 bits per heavy atom. The third kappa shape index (κ3) is 8.16. The highest BCUT2D eigenvalue weighted by Crippen LogP contribution is 2.23. The van der Waals surface area contributed by atoms with E-state index in [-0.39, 0.29) is 18.4 Å². The maximum atomic E-state index is 11.7. The van der Waals surface area contributed by atoms with Gasteiger partial charge < -0.3 is 15.5 Å². The summed E-state index contributed by atoms with van der Waals surface area (Å²) in [5.74, 6) is -0.421. The van der Waals surface area contributed by atoms with Crippen molar-refractivity contribution in [1.29, 1.82) is 0 Å². The van der Waals surface area contributed by atoms with Gasteiger partial charge in [-0.3, -0.25) is 4.79 Å². The number of aliphatic hydroxyl groups is 2. The van der Waals surface area contributed by atoms with E-state index in [9.17, 15) is 9.90 Å². The van der Waals surface area contributed by atoms with Gasteiger partial charge in [0.15, 0.2) is 0 Å². The first-order valence-corrected chi connectivity index (χ1v) is 9.80. The SMILES string of the molecule is CCCCCCCCCCCCCC[C@@H]1C(=O)N[C@@H](CO)[C@@H]1O. The fourth-order valence-electron chi connectivity index (χ4n) is 3.47. The van der Waals surface area contributed by atoms with Gasteiger partial charge in [0.1, 0.15) is 0 Å². The maximum absolute atomic E-state index is 11.7. The molecule has 136 valence electrons. The molecule has 0 aromatic carbocycles. The van der Waals surface area contributed by atoms with Gasteiger partial charge in [-0.2, -0.15) is 0 Å². The minimum atomic E-state index is -0.722. The summed E-state index contributed by atoms with van der Waals surface area (Å²) in [6.45, 7) is 2.08. The Bertz CT molecular complexity index is 309. The molecule has 0 aliphatic carbocycles. The smallest absolute Gasteiger partial charge is 0.226 e. The first-order valence-electron chi connectivity index (χ1n) is 9.80. The van der Waals surface area contributed by atoms with Crippen molar-refractivity contribution in [2.24, 2.45) is 5.92 Å². The third-order valence-corrected chi connectivity index (χ3v) is 5.05. The molecule has 3 atom stereocenters. The van der Waals surface area contributed by atoms with E-state index < -0.39 is 12.1 Å². The number of amides is 1. The Labute approximate surface area is 142 Å². The second-order valence-electron chi connectivity index (χ2n) is 7.07. The lowest BCUT2D eigenvalue weighted by Crippen LogP contribution is -2.35. The average Bonchev–Trinajstić information content (AvgIpc) is 2.83. The van der Waals surface area contributed by atoms with Crippen molar-refractivity contribution < 1.29 is 15.0 Å². The normalized spacial score (nSPS) is 24.1. The van der Waals surface area contributed by atoms with Crippen LogP contribution in [0.1, 0.15) is 90.4 Å². The van der Waals surface area contributed by atoms with E-state index in [1.54, 1.807) is 0 Å². The number of hydrogen-bond acceptors (Lipinski definition) is 3. The fraction of sp³-hybridized carbons (Fsp3) is 0.947. The molecular weight excluding hydrogens is 290 g/mol. The third-order valence-electron chi connectivity index (χ3n) is 5.05. The molecule has 0 radical (unpaired) electrons. The van der Waals surface area contributed by atoms with Crippen molar-refractivity contribution >= 4 is 5.91 Å². The van der Waals surface area contributed by atoms with Crippen LogP contribution in [-0.2, 0) is 4.79 Å². The molecule has 0 saturated carbocycles. The van der Waals surface area contributed by atoms with Crippen LogP contribution in [0.4, 0.5) is 0 Å². The number of carbonyl (C=O) groups is 1. The quantitative estimate of drug-likeness (QED) is 0.427. The number of unbranched alkanes of at least 4 members (excludes halogenated alkanes) is 11. The van der Waals surface area contributed by atoms with Crippen molar-refractivity contribution in [3.05, 3.63) is 0 Å². The number of hydrogen-bond donors (Lipinski definition) is 3. The molecule has 0 bridgehead atoms. The number of rotatable bonds is 14. The zero-order valence-corrected chi connectivity index (χ0v) is 14.9. The number of nitrogens with one attached hydrogen (secondary N) is 1. The van der Waals surface area contributed by atoms with Gasteiger partial charge in [-0.25, -0.2) is 0 Å². The van der Waals surface area contributed by atoms with Gasteiger partial charge in [-0.15, -0.1) is 0 Å². The molecule has 1 heterocycles. The summed E-state index contributed by atoms with van der Waals surface area (Å²) in [6, 6.07) is -0.468. The Balaban J connectivity index is 1.89. The highest BCUT2D eigenvalue weighted by Gasteiger charge is 2.39. The summed E-state index contributed by atoms with van der Waals surface area (Å²) >= 11 is 0. The summed E-state index contributed by atoms with van der Waals surface area (Å²) in [5, 5.41) is 21.7. The molecule has 23 heavy (non-hydrogen) atoms. The zero-order valence-electron chi connectivity index (χ0n) is 14.9. The van der Waals surface area contributed by atoms with Gasteiger partial charge in [0.2, 0.25) is 5.91 Å². The minimum absolute atomic E-state index is 0.0976. The van der Waals surface area contributed by atoms with Gasteiger partial charge in [0.25, 0.3) is 0 Å². The zero-order chi connectivity index (χ0) is 16.9. The Morgan fingerprint density at radius 1 is 0.870 bits per heavy atom. The van der Waals surface area contributed by atoms with Gasteiger partial charge in [-0.05, 0) is 6.42 Å². The van der Waals surface area contributed by atoms with Crippen LogP contribution in [-0.4, -0.2) is 34.9 Å². The van der Waals surface area contributed by atoms with E-state index in [1.165, 1.54) is 64.2 Å². The van der Waals surface area contributed by atoms with E-state index in [0.29, 0.717) is 0 Å². The van der Waals surface area contributed by atoms with Crippen molar-refractivity contribution in [3.8, 4) is 0 Å². The molecule has 1 amide bonds. The minimum Gasteiger partial charge on any atom is -0.394 e. The predicted octanol–water partition coefficient (Wildman–Crippen LogP) is 3.55. The van der Waals surface area contributed by atoms with E-state index in [0.717, 1.165) is 19.3 Å². The second-order valence-corrected chi connectivity index (χ2v) is 7.07. The van der Waals surface area contributed by atoms with E-state index in [1.807, 2.05) is 0 Å². The summed E-state index contributed by atoms with van der Waals surface area (Å²) in [7, 11) is 0. The first kappa shape index (κ1) is 20.4. The van der Waals surface area contributed by atoms with Crippen LogP contribution < -0.4 is 5.32 Å². The predicted molar refractivity (Wildman–Crippen MR) is 94.2 cm³/mol. The molecule has 0 unspecified atom stereocenters. The number of carbonyl (C=O) groups excluding carboxylic acids is 1. The Hall–Kier alpha value is -0.610. The highest BCUT2D eigenvalue weighted by molar-refractivity contribution is 5.82. The molecule has 3 N–H and O–H groups in total. The Morgan fingerprint density at radius 3 is 1.78 bits per heavy atom. The van der Waals surface area contributed by atoms with Crippen molar-refractivity contribution in [3.63, 3.8) is 0 Å². The molecule has 0 aromatic heterocycles. The lowest BCUT2D eigenvalue weighted by atomic mass is 9.94. The summed E-state index contributed by atoms with van der Waals surface area (Å²) in [5.41, 5.74) is 0. The van der Waals surface area contributed by atoms with Crippen LogP contribution in [0.5, 0.6) is 0 Å². The van der Waals surface area contributed by atoms with Crippen LogP contribution in [0.25, 0.3) is 0 Å². The van der Waals surface area contributed by atoms with Crippen LogP contribution >= 0.6 is 0 Å². The van der Waals surface area contributed by atoms with Crippen molar-refractivity contribution in [1.82, 2.24) is 5.32 Å². The summed E-state index contributed by atoms with van der Waals surface area (Å²) in [4.78, 5) is 11.7. The molecule has 0 aromatic rings. The molecule has 1 aliphatic rings. The molecule has 4 heteroatoms.